The topological polar surface area (TPSA) is 75.9 Å². The van der Waals surface area contributed by atoms with Gasteiger partial charge in [-0.2, -0.15) is 0 Å². The Morgan fingerprint density at radius 3 is 2.33 bits per heavy atom. The number of anilines is 1. The third kappa shape index (κ3) is 4.19. The number of ether oxygens (including phenoxy) is 1. The van der Waals surface area contributed by atoms with Crippen LogP contribution >= 0.6 is 0 Å². The average Bonchev–Trinajstić information content (AvgIpc) is 2.53. The number of nitrogens with zero attached hydrogens (tertiary/aromatic N) is 2. The van der Waals surface area contributed by atoms with Crippen LogP contribution in [0, 0.1) is 0 Å². The van der Waals surface area contributed by atoms with Gasteiger partial charge < -0.3 is 20.3 Å². The summed E-state index contributed by atoms with van der Waals surface area (Å²) in [5.74, 6) is -0.648. The molecule has 1 aliphatic rings. The molecule has 0 radical (unpaired) electrons. The third-order valence-electron chi connectivity index (χ3n) is 3.65. The number of esters is 1. The van der Waals surface area contributed by atoms with Gasteiger partial charge in [-0.15, -0.1) is 0 Å². The Balaban J connectivity index is 1.78. The summed E-state index contributed by atoms with van der Waals surface area (Å²) >= 11 is 0. The Hall–Kier alpha value is -2.08. The minimum Gasteiger partial charge on any atom is -0.452 e. The normalized spacial score (nSPS) is 15.8. The Kier molecular flexibility index (Phi) is 5.16. The van der Waals surface area contributed by atoms with E-state index in [0.717, 1.165) is 19.6 Å². The van der Waals surface area contributed by atoms with Crippen LogP contribution < -0.4 is 5.73 Å². The largest absolute Gasteiger partial charge is 0.452 e. The molecule has 6 heteroatoms. The number of carbonyl (C=O) groups is 2. The first-order chi connectivity index (χ1) is 10.1. The molecule has 1 saturated heterocycles. The molecule has 1 aromatic rings. The van der Waals surface area contributed by atoms with Crippen molar-refractivity contribution in [3.05, 3.63) is 29.8 Å². The maximum Gasteiger partial charge on any atom is 0.338 e. The first-order valence-corrected chi connectivity index (χ1v) is 7.13. The van der Waals surface area contributed by atoms with Crippen LogP contribution in [0.1, 0.15) is 17.3 Å². The number of nitrogen functional groups attached to an aromatic ring is 1. The van der Waals surface area contributed by atoms with E-state index >= 15 is 0 Å². The molecule has 6 nitrogen and oxygen atoms in total. The molecule has 1 heterocycles. The molecule has 2 rings (SSSR count). The molecule has 1 amide bonds. The van der Waals surface area contributed by atoms with Gasteiger partial charge in [-0.1, -0.05) is 6.92 Å². The number of carbonyl (C=O) groups excluding carboxylic acids is 2. The fourth-order valence-corrected chi connectivity index (χ4v) is 2.23. The zero-order valence-electron chi connectivity index (χ0n) is 12.2. The third-order valence-corrected chi connectivity index (χ3v) is 3.65. The van der Waals surface area contributed by atoms with Crippen LogP contribution in [0.4, 0.5) is 5.69 Å². The predicted octanol–water partition coefficient (Wildman–Crippen LogP) is 0.590. The second kappa shape index (κ2) is 7.08. The van der Waals surface area contributed by atoms with Crippen molar-refractivity contribution in [1.29, 1.82) is 0 Å². The molecule has 0 aromatic heterocycles. The monoisotopic (exact) mass is 291 g/mol. The Morgan fingerprint density at radius 1 is 1.14 bits per heavy atom. The van der Waals surface area contributed by atoms with Gasteiger partial charge >= 0.3 is 5.97 Å². The molecular formula is C15H21N3O3. The number of hydrogen-bond donors (Lipinski definition) is 1. The number of hydrogen-bond acceptors (Lipinski definition) is 5. The zero-order chi connectivity index (χ0) is 15.2. The van der Waals surface area contributed by atoms with Gasteiger partial charge in [0.15, 0.2) is 6.61 Å². The lowest BCUT2D eigenvalue weighted by Crippen LogP contribution is -2.49. The highest BCUT2D eigenvalue weighted by atomic mass is 16.5. The summed E-state index contributed by atoms with van der Waals surface area (Å²) < 4.78 is 5.05. The van der Waals surface area contributed by atoms with Gasteiger partial charge in [0, 0.05) is 31.9 Å². The minimum atomic E-state index is -0.504. The first kappa shape index (κ1) is 15.3. The predicted molar refractivity (Wildman–Crippen MR) is 79.8 cm³/mol. The molecular weight excluding hydrogens is 270 g/mol. The summed E-state index contributed by atoms with van der Waals surface area (Å²) in [6, 6.07) is 6.43. The molecule has 114 valence electrons. The van der Waals surface area contributed by atoms with Crippen molar-refractivity contribution in [2.75, 3.05) is 45.1 Å². The number of nitrogens with two attached hydrogens (primary N) is 1. The van der Waals surface area contributed by atoms with Crippen LogP contribution in [-0.2, 0) is 9.53 Å². The van der Waals surface area contributed by atoms with Crippen molar-refractivity contribution in [2.45, 2.75) is 6.92 Å². The highest BCUT2D eigenvalue weighted by Crippen LogP contribution is 2.07. The van der Waals surface area contributed by atoms with E-state index in [4.69, 9.17) is 10.5 Å². The van der Waals surface area contributed by atoms with Crippen LogP contribution in [-0.4, -0.2) is 61.0 Å². The van der Waals surface area contributed by atoms with E-state index in [2.05, 4.69) is 11.8 Å². The number of rotatable bonds is 4. The van der Waals surface area contributed by atoms with Gasteiger partial charge in [0.25, 0.3) is 5.91 Å². The minimum absolute atomic E-state index is 0.144. The summed E-state index contributed by atoms with van der Waals surface area (Å²) in [7, 11) is 0. The van der Waals surface area contributed by atoms with Gasteiger partial charge in [0.05, 0.1) is 5.56 Å². The molecule has 21 heavy (non-hydrogen) atoms. The van der Waals surface area contributed by atoms with Crippen molar-refractivity contribution < 1.29 is 14.3 Å². The highest BCUT2D eigenvalue weighted by molar-refractivity contribution is 5.91. The Bertz CT molecular complexity index is 493. The summed E-state index contributed by atoms with van der Waals surface area (Å²) in [5.41, 5.74) is 6.53. The van der Waals surface area contributed by atoms with E-state index in [1.54, 1.807) is 29.2 Å². The highest BCUT2D eigenvalue weighted by Gasteiger charge is 2.21. The zero-order valence-corrected chi connectivity index (χ0v) is 12.2. The molecule has 0 bridgehead atoms. The number of piperazine rings is 1. The van der Waals surface area contributed by atoms with Crippen LogP contribution in [0.5, 0.6) is 0 Å². The lowest BCUT2D eigenvalue weighted by Gasteiger charge is -2.33. The SMILES string of the molecule is CCN1CCN(C(=O)COC(=O)c2ccc(N)cc2)CC1. The summed E-state index contributed by atoms with van der Waals surface area (Å²) in [6.07, 6.45) is 0. The number of benzene rings is 1. The number of amides is 1. The van der Waals surface area contributed by atoms with Crippen LogP contribution in [0.15, 0.2) is 24.3 Å². The second-order valence-electron chi connectivity index (χ2n) is 5.01. The fraction of sp³-hybridized carbons (Fsp3) is 0.467. The van der Waals surface area contributed by atoms with Crippen molar-refractivity contribution in [2.24, 2.45) is 0 Å². The lowest BCUT2D eigenvalue weighted by atomic mass is 10.2. The van der Waals surface area contributed by atoms with Gasteiger partial charge in [-0.05, 0) is 30.8 Å². The van der Waals surface area contributed by atoms with Crippen molar-refractivity contribution in [3.63, 3.8) is 0 Å². The van der Waals surface area contributed by atoms with E-state index in [0.29, 0.717) is 24.3 Å². The summed E-state index contributed by atoms with van der Waals surface area (Å²) in [4.78, 5) is 27.8. The van der Waals surface area contributed by atoms with E-state index in [9.17, 15) is 9.59 Å². The standard InChI is InChI=1S/C15H21N3O3/c1-2-17-7-9-18(10-8-17)14(19)11-21-15(20)12-3-5-13(16)6-4-12/h3-6H,2,7-11,16H2,1H3. The molecule has 1 aliphatic heterocycles. The van der Waals surface area contributed by atoms with Crippen molar-refractivity contribution >= 4 is 17.6 Å². The van der Waals surface area contributed by atoms with E-state index in [1.807, 2.05) is 0 Å². The van der Waals surface area contributed by atoms with Crippen LogP contribution in [0.2, 0.25) is 0 Å². The molecule has 0 aliphatic carbocycles. The Labute approximate surface area is 124 Å². The first-order valence-electron chi connectivity index (χ1n) is 7.13. The second-order valence-corrected chi connectivity index (χ2v) is 5.01. The summed E-state index contributed by atoms with van der Waals surface area (Å²) in [5, 5.41) is 0. The Morgan fingerprint density at radius 2 is 1.76 bits per heavy atom. The van der Waals surface area contributed by atoms with E-state index < -0.39 is 5.97 Å². The van der Waals surface area contributed by atoms with Gasteiger partial charge in [-0.25, -0.2) is 4.79 Å². The molecule has 0 unspecified atom stereocenters. The maximum atomic E-state index is 12.0. The van der Waals surface area contributed by atoms with Crippen LogP contribution in [0.25, 0.3) is 0 Å². The fourth-order valence-electron chi connectivity index (χ4n) is 2.23. The molecule has 0 spiro atoms. The molecule has 1 aromatic carbocycles. The van der Waals surface area contributed by atoms with Gasteiger partial charge in [0.1, 0.15) is 0 Å². The average molecular weight is 291 g/mol. The quantitative estimate of drug-likeness (QED) is 0.649. The molecule has 0 atom stereocenters. The van der Waals surface area contributed by atoms with Crippen molar-refractivity contribution in [3.8, 4) is 0 Å². The smallest absolute Gasteiger partial charge is 0.338 e. The molecule has 1 fully saturated rings. The maximum absolute atomic E-state index is 12.0. The van der Waals surface area contributed by atoms with Crippen molar-refractivity contribution in [1.82, 2.24) is 9.80 Å². The van der Waals surface area contributed by atoms with Gasteiger partial charge in [0.2, 0.25) is 0 Å². The van der Waals surface area contributed by atoms with Crippen LogP contribution in [0.3, 0.4) is 0 Å². The summed E-state index contributed by atoms with van der Waals surface area (Å²) in [6.45, 7) is 6.00. The molecule has 0 saturated carbocycles. The number of likely N-dealkylation sites (N-methyl/N-ethyl adjacent to an activating group) is 1. The van der Waals surface area contributed by atoms with E-state index in [1.165, 1.54) is 0 Å². The molecule has 2 N–H and O–H groups in total. The van der Waals surface area contributed by atoms with E-state index in [-0.39, 0.29) is 12.5 Å². The van der Waals surface area contributed by atoms with Gasteiger partial charge in [-0.3, -0.25) is 4.79 Å². The lowest BCUT2D eigenvalue weighted by molar-refractivity contribution is -0.136.